The molecule has 0 spiro atoms. The van der Waals surface area contributed by atoms with Gasteiger partial charge in [-0.1, -0.05) is 13.8 Å². The van der Waals surface area contributed by atoms with E-state index in [0.717, 1.165) is 12.8 Å². The van der Waals surface area contributed by atoms with Crippen molar-refractivity contribution in [3.63, 3.8) is 0 Å². The molecule has 0 aliphatic heterocycles. The normalized spacial score (nSPS) is 10.8. The molecular formula is C10H18N4O3. The van der Waals surface area contributed by atoms with Gasteiger partial charge in [-0.25, -0.2) is 4.63 Å². The Morgan fingerprint density at radius 3 is 2.53 bits per heavy atom. The SMILES string of the molecule is CCC(CC)N(CCO)C(=O)c1nonc1N. The van der Waals surface area contributed by atoms with Crippen LogP contribution in [0.3, 0.4) is 0 Å². The molecule has 1 aromatic heterocycles. The van der Waals surface area contributed by atoms with Crippen LogP contribution in [0.2, 0.25) is 0 Å². The summed E-state index contributed by atoms with van der Waals surface area (Å²) >= 11 is 0. The molecule has 0 saturated carbocycles. The molecule has 7 heteroatoms. The van der Waals surface area contributed by atoms with Gasteiger partial charge in [0, 0.05) is 12.6 Å². The Morgan fingerprint density at radius 2 is 2.12 bits per heavy atom. The summed E-state index contributed by atoms with van der Waals surface area (Å²) in [4.78, 5) is 13.7. The highest BCUT2D eigenvalue weighted by atomic mass is 16.6. The minimum atomic E-state index is -0.355. The standard InChI is InChI=1S/C10H18N4O3/c1-3-7(4-2)14(5-6-15)10(16)8-9(11)13-17-12-8/h7,15H,3-6H2,1-2H3,(H2,11,13). The molecule has 0 fully saturated rings. The third kappa shape index (κ3) is 2.94. The van der Waals surface area contributed by atoms with Crippen LogP contribution in [-0.4, -0.2) is 45.4 Å². The summed E-state index contributed by atoms with van der Waals surface area (Å²) in [5, 5.41) is 15.9. The fraction of sp³-hybridized carbons (Fsp3) is 0.700. The van der Waals surface area contributed by atoms with Crippen molar-refractivity contribution in [2.75, 3.05) is 18.9 Å². The minimum Gasteiger partial charge on any atom is -0.395 e. The minimum absolute atomic E-state index is 0.00495. The number of nitrogen functional groups attached to an aromatic ring is 1. The zero-order chi connectivity index (χ0) is 12.8. The van der Waals surface area contributed by atoms with Crippen LogP contribution in [0.5, 0.6) is 0 Å². The summed E-state index contributed by atoms with van der Waals surface area (Å²) in [6.45, 7) is 4.11. The van der Waals surface area contributed by atoms with Crippen molar-refractivity contribution in [3.05, 3.63) is 5.69 Å². The van der Waals surface area contributed by atoms with Crippen LogP contribution < -0.4 is 5.73 Å². The zero-order valence-corrected chi connectivity index (χ0v) is 10.1. The molecule has 96 valence electrons. The molecule has 0 bridgehead atoms. The molecule has 7 nitrogen and oxygen atoms in total. The Kier molecular flexibility index (Phi) is 4.89. The second-order valence-corrected chi connectivity index (χ2v) is 3.69. The number of amides is 1. The first-order valence-corrected chi connectivity index (χ1v) is 5.65. The molecule has 17 heavy (non-hydrogen) atoms. The molecule has 0 aliphatic carbocycles. The summed E-state index contributed by atoms with van der Waals surface area (Å²) in [5.41, 5.74) is 5.49. The van der Waals surface area contributed by atoms with Gasteiger partial charge in [0.1, 0.15) is 0 Å². The molecule has 0 aliphatic rings. The van der Waals surface area contributed by atoms with Crippen LogP contribution >= 0.6 is 0 Å². The first-order chi connectivity index (χ1) is 8.15. The van der Waals surface area contributed by atoms with E-state index in [1.807, 2.05) is 13.8 Å². The van der Waals surface area contributed by atoms with E-state index in [0.29, 0.717) is 0 Å². The highest BCUT2D eigenvalue weighted by molar-refractivity contribution is 5.96. The lowest BCUT2D eigenvalue weighted by Gasteiger charge is -2.29. The van der Waals surface area contributed by atoms with Crippen LogP contribution in [0.25, 0.3) is 0 Å². The van der Waals surface area contributed by atoms with Gasteiger partial charge in [0.05, 0.1) is 6.61 Å². The number of nitrogens with two attached hydrogens (primary N) is 1. The van der Waals surface area contributed by atoms with Crippen molar-refractivity contribution in [2.24, 2.45) is 0 Å². The van der Waals surface area contributed by atoms with Gasteiger partial charge >= 0.3 is 0 Å². The Labute approximate surface area is 99.5 Å². The summed E-state index contributed by atoms with van der Waals surface area (Å²) in [5.74, 6) is -0.379. The number of hydrogen-bond donors (Lipinski definition) is 2. The topological polar surface area (TPSA) is 105 Å². The largest absolute Gasteiger partial charge is 0.395 e. The van der Waals surface area contributed by atoms with Crippen molar-refractivity contribution in [3.8, 4) is 0 Å². The molecule has 1 aromatic rings. The van der Waals surface area contributed by atoms with Gasteiger partial charge in [0.2, 0.25) is 11.5 Å². The molecule has 1 rings (SSSR count). The first kappa shape index (κ1) is 13.4. The van der Waals surface area contributed by atoms with Gasteiger partial charge in [-0.3, -0.25) is 4.79 Å². The van der Waals surface area contributed by atoms with Crippen LogP contribution in [-0.2, 0) is 0 Å². The van der Waals surface area contributed by atoms with E-state index in [1.54, 1.807) is 4.90 Å². The first-order valence-electron chi connectivity index (χ1n) is 5.65. The van der Waals surface area contributed by atoms with Gasteiger partial charge in [0.25, 0.3) is 5.91 Å². The number of rotatable bonds is 6. The lowest BCUT2D eigenvalue weighted by atomic mass is 10.1. The zero-order valence-electron chi connectivity index (χ0n) is 10.1. The summed E-state index contributed by atoms with van der Waals surface area (Å²) in [7, 11) is 0. The van der Waals surface area contributed by atoms with E-state index in [9.17, 15) is 4.79 Å². The fourth-order valence-corrected chi connectivity index (χ4v) is 1.77. The number of anilines is 1. The molecule has 1 heterocycles. The van der Waals surface area contributed by atoms with Crippen LogP contribution in [0.4, 0.5) is 5.82 Å². The Hall–Kier alpha value is -1.63. The Morgan fingerprint density at radius 1 is 1.47 bits per heavy atom. The van der Waals surface area contributed by atoms with Gasteiger partial charge in [-0.05, 0) is 23.2 Å². The third-order valence-corrected chi connectivity index (χ3v) is 2.70. The number of carbonyl (C=O) groups is 1. The van der Waals surface area contributed by atoms with Crippen molar-refractivity contribution >= 4 is 11.7 Å². The van der Waals surface area contributed by atoms with E-state index >= 15 is 0 Å². The molecule has 0 atom stereocenters. The molecule has 0 unspecified atom stereocenters. The predicted octanol–water partition coefficient (Wildman–Crippen LogP) is 0.275. The van der Waals surface area contributed by atoms with Gasteiger partial charge in [-0.15, -0.1) is 0 Å². The second kappa shape index (κ2) is 6.19. The van der Waals surface area contributed by atoms with Crippen molar-refractivity contribution < 1.29 is 14.5 Å². The second-order valence-electron chi connectivity index (χ2n) is 3.69. The van der Waals surface area contributed by atoms with E-state index in [4.69, 9.17) is 10.8 Å². The fourth-order valence-electron chi connectivity index (χ4n) is 1.77. The number of hydrogen-bond acceptors (Lipinski definition) is 6. The molecule has 0 radical (unpaired) electrons. The highest BCUT2D eigenvalue weighted by Crippen LogP contribution is 2.14. The lowest BCUT2D eigenvalue weighted by Crippen LogP contribution is -2.42. The lowest BCUT2D eigenvalue weighted by molar-refractivity contribution is 0.0612. The number of aromatic nitrogens is 2. The van der Waals surface area contributed by atoms with Crippen molar-refractivity contribution in [1.82, 2.24) is 15.2 Å². The summed E-state index contributed by atoms with van der Waals surface area (Å²) in [6.07, 6.45) is 1.60. The average molecular weight is 242 g/mol. The third-order valence-electron chi connectivity index (χ3n) is 2.70. The Balaban J connectivity index is 2.91. The van der Waals surface area contributed by atoms with E-state index in [1.165, 1.54) is 0 Å². The highest BCUT2D eigenvalue weighted by Gasteiger charge is 2.26. The average Bonchev–Trinajstić information content (AvgIpc) is 2.75. The van der Waals surface area contributed by atoms with E-state index in [2.05, 4.69) is 14.9 Å². The molecule has 0 aromatic carbocycles. The molecule has 0 saturated heterocycles. The molecule has 1 amide bonds. The quantitative estimate of drug-likeness (QED) is 0.742. The van der Waals surface area contributed by atoms with Crippen molar-refractivity contribution in [2.45, 2.75) is 32.7 Å². The maximum Gasteiger partial charge on any atom is 0.280 e. The molecular weight excluding hydrogens is 224 g/mol. The Bertz CT molecular complexity index is 362. The van der Waals surface area contributed by atoms with Gasteiger partial charge in [-0.2, -0.15) is 0 Å². The van der Waals surface area contributed by atoms with E-state index < -0.39 is 0 Å². The van der Waals surface area contributed by atoms with Gasteiger partial charge < -0.3 is 15.7 Å². The maximum atomic E-state index is 12.1. The van der Waals surface area contributed by atoms with E-state index in [-0.39, 0.29) is 36.6 Å². The maximum absolute atomic E-state index is 12.1. The van der Waals surface area contributed by atoms with Crippen LogP contribution in [0.15, 0.2) is 4.63 Å². The number of nitrogens with zero attached hydrogens (tertiary/aromatic N) is 3. The molecule has 3 N–H and O–H groups in total. The summed E-state index contributed by atoms with van der Waals surface area (Å²) in [6, 6.07) is 0.0470. The smallest absolute Gasteiger partial charge is 0.280 e. The van der Waals surface area contributed by atoms with Gasteiger partial charge in [0.15, 0.2) is 0 Å². The number of carbonyl (C=O) groups excluding carboxylic acids is 1. The monoisotopic (exact) mass is 242 g/mol. The predicted molar refractivity (Wildman–Crippen MR) is 61.2 cm³/mol. The summed E-state index contributed by atoms with van der Waals surface area (Å²) < 4.78 is 4.41. The van der Waals surface area contributed by atoms with Crippen molar-refractivity contribution in [1.29, 1.82) is 0 Å². The number of aliphatic hydroxyl groups excluding tert-OH is 1. The van der Waals surface area contributed by atoms with Crippen LogP contribution in [0.1, 0.15) is 37.2 Å². The van der Waals surface area contributed by atoms with Crippen LogP contribution in [0, 0.1) is 0 Å². The number of aliphatic hydroxyl groups is 1.